The fourth-order valence-electron chi connectivity index (χ4n) is 1.47. The van der Waals surface area contributed by atoms with Crippen LogP contribution < -0.4 is 0 Å². The van der Waals surface area contributed by atoms with Crippen LogP contribution in [0, 0.1) is 0 Å². The van der Waals surface area contributed by atoms with Gasteiger partial charge in [0.25, 0.3) is 0 Å². The topological polar surface area (TPSA) is 20.2 Å². The van der Waals surface area contributed by atoms with Crippen molar-refractivity contribution in [3.05, 3.63) is 70.2 Å². The first-order chi connectivity index (χ1) is 7.27. The summed E-state index contributed by atoms with van der Waals surface area (Å²) in [6.45, 7) is 0. The number of aliphatic hydroxyl groups excluding tert-OH is 1. The van der Waals surface area contributed by atoms with Gasteiger partial charge < -0.3 is 5.11 Å². The van der Waals surface area contributed by atoms with Crippen molar-refractivity contribution < 1.29 is 5.11 Å². The summed E-state index contributed by atoms with van der Waals surface area (Å²) in [6, 6.07) is 17.3. The molecule has 0 spiro atoms. The fourth-order valence-corrected chi connectivity index (χ4v) is 1.74. The Bertz CT molecular complexity index is 422. The minimum absolute atomic E-state index is 0.542. The highest BCUT2D eigenvalue weighted by atomic mass is 79.9. The van der Waals surface area contributed by atoms with E-state index >= 15 is 0 Å². The minimum Gasteiger partial charge on any atom is -0.384 e. The van der Waals surface area contributed by atoms with Crippen LogP contribution in [0.2, 0.25) is 0 Å². The van der Waals surface area contributed by atoms with Gasteiger partial charge in [0, 0.05) is 4.47 Å². The first kappa shape index (κ1) is 10.4. The van der Waals surface area contributed by atoms with E-state index in [0.29, 0.717) is 0 Å². The average Bonchev–Trinajstić information content (AvgIpc) is 2.30. The summed E-state index contributed by atoms with van der Waals surface area (Å²) < 4.78 is 1.02. The van der Waals surface area contributed by atoms with Crippen LogP contribution in [-0.2, 0) is 0 Å². The normalized spacial score (nSPS) is 12.4. The third-order valence-electron chi connectivity index (χ3n) is 2.30. The molecule has 0 aromatic heterocycles. The van der Waals surface area contributed by atoms with E-state index in [1.165, 1.54) is 0 Å². The average molecular weight is 263 g/mol. The molecule has 1 nitrogen and oxygen atoms in total. The molecule has 0 fully saturated rings. The Hall–Kier alpha value is -1.12. The largest absolute Gasteiger partial charge is 0.384 e. The Kier molecular flexibility index (Phi) is 3.19. The molecule has 1 N–H and O–H groups in total. The van der Waals surface area contributed by atoms with Crippen LogP contribution in [-0.4, -0.2) is 5.11 Å². The molecule has 2 aromatic carbocycles. The molecule has 0 radical (unpaired) electrons. The maximum absolute atomic E-state index is 10.1. The summed E-state index contributed by atoms with van der Waals surface area (Å²) in [6.07, 6.45) is -0.542. The summed E-state index contributed by atoms with van der Waals surface area (Å²) in [4.78, 5) is 0. The van der Waals surface area contributed by atoms with Crippen molar-refractivity contribution in [2.45, 2.75) is 6.10 Å². The van der Waals surface area contributed by atoms with Gasteiger partial charge in [-0.2, -0.15) is 0 Å². The molecule has 0 aliphatic heterocycles. The number of benzene rings is 2. The van der Waals surface area contributed by atoms with Crippen LogP contribution >= 0.6 is 15.9 Å². The smallest absolute Gasteiger partial charge is 0.104 e. The molecule has 0 saturated carbocycles. The molecule has 76 valence electrons. The van der Waals surface area contributed by atoms with Crippen molar-refractivity contribution >= 4 is 15.9 Å². The zero-order valence-corrected chi connectivity index (χ0v) is 9.68. The number of rotatable bonds is 2. The van der Waals surface area contributed by atoms with E-state index in [9.17, 15) is 5.11 Å². The Morgan fingerprint density at radius 2 is 1.33 bits per heavy atom. The van der Waals surface area contributed by atoms with Gasteiger partial charge in [-0.3, -0.25) is 0 Å². The highest BCUT2D eigenvalue weighted by Gasteiger charge is 2.08. The number of aliphatic hydroxyl groups is 1. The van der Waals surface area contributed by atoms with Gasteiger partial charge in [-0.15, -0.1) is 0 Å². The minimum atomic E-state index is -0.542. The maximum atomic E-state index is 10.1. The predicted molar refractivity (Wildman–Crippen MR) is 64.6 cm³/mol. The van der Waals surface area contributed by atoms with Gasteiger partial charge in [0.1, 0.15) is 6.10 Å². The molecule has 2 rings (SSSR count). The molecule has 0 aliphatic rings. The lowest BCUT2D eigenvalue weighted by Gasteiger charge is -2.11. The quantitative estimate of drug-likeness (QED) is 0.878. The van der Waals surface area contributed by atoms with E-state index in [1.54, 1.807) is 0 Å². The maximum Gasteiger partial charge on any atom is 0.104 e. The van der Waals surface area contributed by atoms with Crippen LogP contribution in [0.4, 0.5) is 0 Å². The zero-order valence-electron chi connectivity index (χ0n) is 8.10. The van der Waals surface area contributed by atoms with E-state index in [2.05, 4.69) is 15.9 Å². The third-order valence-corrected chi connectivity index (χ3v) is 2.83. The van der Waals surface area contributed by atoms with Crippen LogP contribution in [0.15, 0.2) is 59.1 Å². The van der Waals surface area contributed by atoms with E-state index in [0.717, 1.165) is 15.6 Å². The summed E-state index contributed by atoms with van der Waals surface area (Å²) in [5.41, 5.74) is 1.82. The summed E-state index contributed by atoms with van der Waals surface area (Å²) in [7, 11) is 0. The molecule has 0 aliphatic carbocycles. The Labute approximate surface area is 97.5 Å². The first-order valence-corrected chi connectivity index (χ1v) is 5.55. The van der Waals surface area contributed by atoms with Gasteiger partial charge in [-0.25, -0.2) is 0 Å². The Morgan fingerprint density at radius 3 is 1.93 bits per heavy atom. The van der Waals surface area contributed by atoms with Crippen molar-refractivity contribution in [2.75, 3.05) is 0 Å². The second-order valence-corrected chi connectivity index (χ2v) is 4.28. The number of hydrogen-bond acceptors (Lipinski definition) is 1. The van der Waals surface area contributed by atoms with Gasteiger partial charge in [-0.1, -0.05) is 58.4 Å². The van der Waals surface area contributed by atoms with Crippen molar-refractivity contribution in [1.82, 2.24) is 0 Å². The lowest BCUT2D eigenvalue weighted by atomic mass is 10.0. The van der Waals surface area contributed by atoms with Crippen LogP contribution in [0.1, 0.15) is 17.2 Å². The molecule has 1 atom stereocenters. The Balaban J connectivity index is 2.29. The third kappa shape index (κ3) is 2.46. The van der Waals surface area contributed by atoms with Crippen LogP contribution in [0.3, 0.4) is 0 Å². The van der Waals surface area contributed by atoms with Gasteiger partial charge in [-0.05, 0) is 23.3 Å². The van der Waals surface area contributed by atoms with Crippen molar-refractivity contribution in [3.63, 3.8) is 0 Å². The standard InChI is InChI=1S/C13H11BrO/c14-12-8-6-11(7-9-12)13(15)10-4-2-1-3-5-10/h1-9,13,15H/t13-/m0/s1. The monoisotopic (exact) mass is 262 g/mol. The second kappa shape index (κ2) is 4.60. The van der Waals surface area contributed by atoms with Gasteiger partial charge in [0.05, 0.1) is 0 Å². The molecule has 0 unspecified atom stereocenters. The summed E-state index contributed by atoms with van der Waals surface area (Å²) in [5.74, 6) is 0. The van der Waals surface area contributed by atoms with E-state index in [4.69, 9.17) is 0 Å². The highest BCUT2D eigenvalue weighted by molar-refractivity contribution is 9.10. The molecule has 0 heterocycles. The molecule has 0 saturated heterocycles. The molecular weight excluding hydrogens is 252 g/mol. The van der Waals surface area contributed by atoms with E-state index < -0.39 is 6.10 Å². The van der Waals surface area contributed by atoms with E-state index in [-0.39, 0.29) is 0 Å². The van der Waals surface area contributed by atoms with Crippen LogP contribution in [0.5, 0.6) is 0 Å². The highest BCUT2D eigenvalue weighted by Crippen LogP contribution is 2.22. The first-order valence-electron chi connectivity index (χ1n) is 4.76. The fraction of sp³-hybridized carbons (Fsp3) is 0.0769. The van der Waals surface area contributed by atoms with Crippen molar-refractivity contribution in [3.8, 4) is 0 Å². The van der Waals surface area contributed by atoms with Gasteiger partial charge in [0.15, 0.2) is 0 Å². The lowest BCUT2D eigenvalue weighted by molar-refractivity contribution is 0.220. The van der Waals surface area contributed by atoms with Crippen molar-refractivity contribution in [2.24, 2.45) is 0 Å². The second-order valence-electron chi connectivity index (χ2n) is 3.36. The molecule has 0 bridgehead atoms. The zero-order chi connectivity index (χ0) is 10.7. The summed E-state index contributed by atoms with van der Waals surface area (Å²) >= 11 is 3.37. The predicted octanol–water partition coefficient (Wildman–Crippen LogP) is 3.53. The summed E-state index contributed by atoms with van der Waals surface area (Å²) in [5, 5.41) is 10.1. The Morgan fingerprint density at radius 1 is 0.800 bits per heavy atom. The molecule has 0 amide bonds. The van der Waals surface area contributed by atoms with E-state index in [1.807, 2.05) is 54.6 Å². The van der Waals surface area contributed by atoms with Crippen LogP contribution in [0.25, 0.3) is 0 Å². The molecule has 15 heavy (non-hydrogen) atoms. The van der Waals surface area contributed by atoms with Crippen molar-refractivity contribution in [1.29, 1.82) is 0 Å². The SMILES string of the molecule is O[C@@H](c1ccccc1)c1ccc(Br)cc1. The molecular formula is C13H11BrO. The van der Waals surface area contributed by atoms with Gasteiger partial charge in [0.2, 0.25) is 0 Å². The molecule has 2 aromatic rings. The molecule has 2 heteroatoms. The lowest BCUT2D eigenvalue weighted by Crippen LogP contribution is -1.98. The number of hydrogen-bond donors (Lipinski definition) is 1. The number of halogens is 1. The van der Waals surface area contributed by atoms with Gasteiger partial charge >= 0.3 is 0 Å².